The fraction of sp³-hybridized carbons (Fsp3) is 0.385. The molecule has 0 spiro atoms. The molecule has 102 valence electrons. The van der Waals surface area contributed by atoms with Crippen molar-refractivity contribution in [2.45, 2.75) is 19.6 Å². The molecule has 0 fully saturated rings. The number of nitrogens with zero attached hydrogens (tertiary/aromatic N) is 3. The lowest BCUT2D eigenvalue weighted by molar-refractivity contribution is 0.577. The highest BCUT2D eigenvalue weighted by Crippen LogP contribution is 2.09. The fourth-order valence-electron chi connectivity index (χ4n) is 1.67. The van der Waals surface area contributed by atoms with Gasteiger partial charge in [0.25, 0.3) is 0 Å². The molecule has 1 aromatic carbocycles. The summed E-state index contributed by atoms with van der Waals surface area (Å²) in [4.78, 5) is 10.7. The van der Waals surface area contributed by atoms with Gasteiger partial charge in [0.1, 0.15) is 6.17 Å². The Balaban J connectivity index is 1.95. The van der Waals surface area contributed by atoms with Gasteiger partial charge in [0.05, 0.1) is 0 Å². The Kier molecular flexibility index (Phi) is 4.27. The lowest BCUT2D eigenvalue weighted by atomic mass is 10.2. The second-order valence-corrected chi connectivity index (χ2v) is 5.00. The lowest BCUT2D eigenvalue weighted by Crippen LogP contribution is -2.49. The Morgan fingerprint density at radius 2 is 1.95 bits per heavy atom. The maximum atomic E-state index is 5.86. The summed E-state index contributed by atoms with van der Waals surface area (Å²) in [5.74, 6) is 1.54. The summed E-state index contributed by atoms with van der Waals surface area (Å²) in [6.07, 6.45) is -0.0774. The quantitative estimate of drug-likeness (QED) is 0.866. The van der Waals surface area contributed by atoms with Crippen molar-refractivity contribution >= 4 is 23.5 Å². The molecule has 1 aliphatic heterocycles. The van der Waals surface area contributed by atoms with Crippen LogP contribution in [-0.4, -0.2) is 37.1 Å². The van der Waals surface area contributed by atoms with Crippen LogP contribution in [-0.2, 0) is 6.54 Å². The molecule has 6 heteroatoms. The Hall–Kier alpha value is -1.75. The van der Waals surface area contributed by atoms with E-state index in [1.807, 2.05) is 50.2 Å². The summed E-state index contributed by atoms with van der Waals surface area (Å²) in [5, 5.41) is 7.16. The van der Waals surface area contributed by atoms with Gasteiger partial charge in [-0.15, -0.1) is 0 Å². The average Bonchev–Trinajstić information content (AvgIpc) is 2.37. The smallest absolute Gasteiger partial charge is 0.202 e. The minimum atomic E-state index is -0.0774. The molecular weight excluding hydrogens is 262 g/mol. The normalized spacial score (nSPS) is 18.2. The van der Waals surface area contributed by atoms with Gasteiger partial charge in [-0.1, -0.05) is 23.7 Å². The monoisotopic (exact) mass is 279 g/mol. The van der Waals surface area contributed by atoms with Gasteiger partial charge in [-0.3, -0.25) is 5.32 Å². The van der Waals surface area contributed by atoms with E-state index < -0.39 is 0 Å². The van der Waals surface area contributed by atoms with E-state index in [2.05, 4.69) is 20.6 Å². The van der Waals surface area contributed by atoms with Gasteiger partial charge in [0.2, 0.25) is 11.9 Å². The third-order valence-electron chi connectivity index (χ3n) is 2.65. The van der Waals surface area contributed by atoms with Crippen molar-refractivity contribution in [1.29, 1.82) is 0 Å². The van der Waals surface area contributed by atoms with E-state index in [1.165, 1.54) is 0 Å². The second-order valence-electron chi connectivity index (χ2n) is 4.56. The number of halogens is 1. The van der Waals surface area contributed by atoms with E-state index in [-0.39, 0.29) is 6.17 Å². The van der Waals surface area contributed by atoms with Crippen molar-refractivity contribution in [3.8, 4) is 0 Å². The zero-order valence-electron chi connectivity index (χ0n) is 11.3. The van der Waals surface area contributed by atoms with E-state index in [0.29, 0.717) is 6.54 Å². The van der Waals surface area contributed by atoms with Gasteiger partial charge < -0.3 is 10.2 Å². The van der Waals surface area contributed by atoms with E-state index >= 15 is 0 Å². The van der Waals surface area contributed by atoms with Gasteiger partial charge >= 0.3 is 0 Å². The molecule has 0 aliphatic carbocycles. The molecule has 2 N–H and O–H groups in total. The summed E-state index contributed by atoms with van der Waals surface area (Å²) < 4.78 is 0. The molecule has 0 bridgehead atoms. The standard InChI is InChI=1S/C13H18ClN5/c1-9-16-12(18-13(17-9)19(2)3)15-8-10-4-6-11(14)7-5-10/h4-7,9H,8H2,1-3H3,(H2,15,16,17,18). The first-order valence-corrected chi connectivity index (χ1v) is 6.50. The number of benzene rings is 1. The van der Waals surface area contributed by atoms with Crippen LogP contribution in [0, 0.1) is 0 Å². The summed E-state index contributed by atoms with van der Waals surface area (Å²) in [5.41, 5.74) is 1.15. The molecule has 0 saturated heterocycles. The molecule has 19 heavy (non-hydrogen) atoms. The largest absolute Gasteiger partial charge is 0.352 e. The van der Waals surface area contributed by atoms with Crippen molar-refractivity contribution < 1.29 is 0 Å². The zero-order chi connectivity index (χ0) is 13.8. The molecule has 0 amide bonds. The van der Waals surface area contributed by atoms with E-state index in [9.17, 15) is 0 Å². The van der Waals surface area contributed by atoms with E-state index in [0.717, 1.165) is 22.5 Å². The number of aliphatic imine (C=N–C) groups is 2. The van der Waals surface area contributed by atoms with Crippen LogP contribution in [0.3, 0.4) is 0 Å². The molecule has 1 heterocycles. The van der Waals surface area contributed by atoms with Gasteiger partial charge in [0.15, 0.2) is 0 Å². The lowest BCUT2D eigenvalue weighted by Gasteiger charge is -2.24. The van der Waals surface area contributed by atoms with Crippen LogP contribution in [0.5, 0.6) is 0 Å². The van der Waals surface area contributed by atoms with Crippen LogP contribution in [0.2, 0.25) is 5.02 Å². The molecular formula is C13H18ClN5. The Morgan fingerprint density at radius 3 is 2.58 bits per heavy atom. The summed E-state index contributed by atoms with van der Waals surface area (Å²) in [7, 11) is 3.89. The average molecular weight is 280 g/mol. The van der Waals surface area contributed by atoms with Crippen molar-refractivity contribution in [3.63, 3.8) is 0 Å². The number of nitrogens with one attached hydrogen (secondary N) is 2. The van der Waals surface area contributed by atoms with Crippen molar-refractivity contribution in [1.82, 2.24) is 15.5 Å². The highest BCUT2D eigenvalue weighted by atomic mass is 35.5. The number of rotatable bonds is 2. The van der Waals surface area contributed by atoms with Crippen LogP contribution in [0.1, 0.15) is 12.5 Å². The maximum absolute atomic E-state index is 5.86. The first-order valence-electron chi connectivity index (χ1n) is 6.13. The van der Waals surface area contributed by atoms with Crippen LogP contribution in [0.15, 0.2) is 34.3 Å². The summed E-state index contributed by atoms with van der Waals surface area (Å²) in [6, 6.07) is 7.74. The van der Waals surface area contributed by atoms with Crippen LogP contribution < -0.4 is 10.6 Å². The first-order chi connectivity index (χ1) is 9.04. The predicted molar refractivity (Wildman–Crippen MR) is 79.4 cm³/mol. The number of hydrogen-bond acceptors (Lipinski definition) is 5. The molecule has 1 aliphatic rings. The molecule has 0 aromatic heterocycles. The second kappa shape index (κ2) is 5.93. The highest BCUT2D eigenvalue weighted by molar-refractivity contribution is 6.30. The van der Waals surface area contributed by atoms with Gasteiger partial charge in [-0.2, -0.15) is 0 Å². The zero-order valence-corrected chi connectivity index (χ0v) is 12.1. The summed E-state index contributed by atoms with van der Waals surface area (Å²) in [6.45, 7) is 2.64. The Bertz CT molecular complexity index is 492. The third kappa shape index (κ3) is 3.86. The number of guanidine groups is 2. The third-order valence-corrected chi connectivity index (χ3v) is 2.90. The van der Waals surface area contributed by atoms with E-state index in [1.54, 1.807) is 0 Å². The minimum Gasteiger partial charge on any atom is -0.352 e. The molecule has 0 radical (unpaired) electrons. The van der Waals surface area contributed by atoms with E-state index in [4.69, 9.17) is 11.6 Å². The van der Waals surface area contributed by atoms with Gasteiger partial charge in [0, 0.05) is 25.7 Å². The molecule has 1 unspecified atom stereocenters. The van der Waals surface area contributed by atoms with Crippen LogP contribution in [0.25, 0.3) is 0 Å². The van der Waals surface area contributed by atoms with Crippen LogP contribution in [0.4, 0.5) is 0 Å². The van der Waals surface area contributed by atoms with Gasteiger partial charge in [-0.25, -0.2) is 9.98 Å². The molecule has 5 nitrogen and oxygen atoms in total. The van der Waals surface area contributed by atoms with Crippen LogP contribution >= 0.6 is 11.6 Å². The molecule has 2 rings (SSSR count). The number of hydrogen-bond donors (Lipinski definition) is 2. The molecule has 0 saturated carbocycles. The minimum absolute atomic E-state index is 0.0774. The fourth-order valence-corrected chi connectivity index (χ4v) is 1.79. The molecule has 1 aromatic rings. The van der Waals surface area contributed by atoms with Crippen molar-refractivity contribution in [2.75, 3.05) is 14.1 Å². The molecule has 1 atom stereocenters. The Morgan fingerprint density at radius 1 is 1.26 bits per heavy atom. The SMILES string of the molecule is CC1N=C(NCc2ccc(Cl)cc2)NC(N(C)C)=N1. The van der Waals surface area contributed by atoms with Crippen molar-refractivity contribution in [3.05, 3.63) is 34.9 Å². The highest BCUT2D eigenvalue weighted by Gasteiger charge is 2.14. The van der Waals surface area contributed by atoms with Crippen molar-refractivity contribution in [2.24, 2.45) is 9.98 Å². The van der Waals surface area contributed by atoms with Gasteiger partial charge in [-0.05, 0) is 24.6 Å². The predicted octanol–water partition coefficient (Wildman–Crippen LogP) is 1.65. The summed E-state index contributed by atoms with van der Waals surface area (Å²) >= 11 is 5.86. The topological polar surface area (TPSA) is 52.0 Å². The first kappa shape index (κ1) is 13.7. The Labute approximate surface area is 118 Å². The maximum Gasteiger partial charge on any atom is 0.202 e.